The summed E-state index contributed by atoms with van der Waals surface area (Å²) in [5.74, 6) is -3.38. The summed E-state index contributed by atoms with van der Waals surface area (Å²) in [7, 11) is 0. The summed E-state index contributed by atoms with van der Waals surface area (Å²) in [5, 5.41) is 8.07. The third-order valence-electron chi connectivity index (χ3n) is 5.76. The maximum atomic E-state index is 14.1. The summed E-state index contributed by atoms with van der Waals surface area (Å²) in [6.07, 6.45) is 2.80. The lowest BCUT2D eigenvalue weighted by Crippen LogP contribution is -2.53. The highest BCUT2D eigenvalue weighted by Crippen LogP contribution is 2.43. The molecule has 14 heteroatoms. The monoisotopic (exact) mass is 586 g/mol. The Kier molecular flexibility index (Phi) is 8.86. The number of thioether (sulfide) groups is 1. The molecule has 0 amide bonds. The van der Waals surface area contributed by atoms with Crippen LogP contribution in [0.2, 0.25) is 10.0 Å². The largest absolute Gasteiger partial charge is 0.463 e. The van der Waals surface area contributed by atoms with Crippen molar-refractivity contribution in [2.45, 2.75) is 49.4 Å². The Labute approximate surface area is 230 Å². The van der Waals surface area contributed by atoms with Crippen LogP contribution in [0, 0.1) is 17.6 Å². The molecule has 1 aromatic carbocycles. The van der Waals surface area contributed by atoms with Crippen LogP contribution in [-0.2, 0) is 23.8 Å². The second-order valence-electron chi connectivity index (χ2n) is 8.56. The molecular weight excluding hydrogens is 565 g/mol. The number of carbonyl (C=O) groups is 2. The lowest BCUT2D eigenvalue weighted by molar-refractivity contribution is -0.191. The SMILES string of the molecule is CC(=O)OCC1O[C@H](Sc2cncc(Cl)c2)C(C)[C@@H](n2cc(-c3cc(F)c(Cl)c(F)c3)nn2)[C@H]1OC(C)=O. The van der Waals surface area contributed by atoms with Crippen molar-refractivity contribution in [3.05, 3.63) is 58.5 Å². The fourth-order valence-electron chi connectivity index (χ4n) is 4.10. The van der Waals surface area contributed by atoms with Crippen LogP contribution >= 0.6 is 35.0 Å². The number of nitrogens with zero attached hydrogens (tertiary/aromatic N) is 4. The Morgan fingerprint density at radius 2 is 1.84 bits per heavy atom. The Hall–Kier alpha value is -2.80. The molecule has 1 saturated heterocycles. The van der Waals surface area contributed by atoms with Crippen LogP contribution in [0.15, 0.2) is 41.7 Å². The molecule has 1 fully saturated rings. The van der Waals surface area contributed by atoms with Crippen LogP contribution in [-0.4, -0.2) is 56.2 Å². The zero-order chi connectivity index (χ0) is 27.6. The molecule has 0 saturated carbocycles. The highest BCUT2D eigenvalue weighted by molar-refractivity contribution is 7.99. The number of benzene rings is 1. The van der Waals surface area contributed by atoms with E-state index in [2.05, 4.69) is 15.3 Å². The number of rotatable bonds is 7. The number of carbonyl (C=O) groups excluding carboxylic acids is 2. The number of aromatic nitrogens is 4. The molecule has 38 heavy (non-hydrogen) atoms. The van der Waals surface area contributed by atoms with Gasteiger partial charge in [-0.25, -0.2) is 13.5 Å². The van der Waals surface area contributed by atoms with Crippen LogP contribution in [0.25, 0.3) is 11.3 Å². The summed E-state index contributed by atoms with van der Waals surface area (Å²) in [6.45, 7) is 4.16. The maximum Gasteiger partial charge on any atom is 0.303 e. The molecule has 202 valence electrons. The smallest absolute Gasteiger partial charge is 0.303 e. The van der Waals surface area contributed by atoms with E-state index in [4.69, 9.17) is 37.4 Å². The number of hydrogen-bond donors (Lipinski definition) is 0. The van der Waals surface area contributed by atoms with E-state index in [1.807, 2.05) is 6.92 Å². The first kappa shape index (κ1) is 28.2. The fraction of sp³-hybridized carbons (Fsp3) is 0.375. The zero-order valence-corrected chi connectivity index (χ0v) is 22.6. The molecule has 2 aromatic heterocycles. The summed E-state index contributed by atoms with van der Waals surface area (Å²) in [6, 6.07) is 3.15. The summed E-state index contributed by atoms with van der Waals surface area (Å²) < 4.78 is 46.7. The van der Waals surface area contributed by atoms with Crippen molar-refractivity contribution in [2.24, 2.45) is 5.92 Å². The summed E-state index contributed by atoms with van der Waals surface area (Å²) in [4.78, 5) is 28.5. The van der Waals surface area contributed by atoms with Gasteiger partial charge in [0.2, 0.25) is 0 Å². The third kappa shape index (κ3) is 6.42. The molecule has 4 rings (SSSR count). The zero-order valence-electron chi connectivity index (χ0n) is 20.3. The van der Waals surface area contributed by atoms with Crippen LogP contribution in [0.5, 0.6) is 0 Å². The minimum absolute atomic E-state index is 0.117. The number of esters is 2. The van der Waals surface area contributed by atoms with Crippen molar-refractivity contribution in [1.29, 1.82) is 0 Å². The molecule has 0 spiro atoms. The van der Waals surface area contributed by atoms with Crippen molar-refractivity contribution in [2.75, 3.05) is 6.61 Å². The Balaban J connectivity index is 1.73. The average molecular weight is 587 g/mol. The lowest BCUT2D eigenvalue weighted by Gasteiger charge is -2.44. The summed E-state index contributed by atoms with van der Waals surface area (Å²) >= 11 is 13.0. The van der Waals surface area contributed by atoms with E-state index in [0.29, 0.717) is 5.02 Å². The molecule has 5 atom stereocenters. The van der Waals surface area contributed by atoms with E-state index in [1.165, 1.54) is 42.7 Å². The van der Waals surface area contributed by atoms with Gasteiger partial charge in [0.25, 0.3) is 0 Å². The van der Waals surface area contributed by atoms with Gasteiger partial charge in [-0.15, -0.1) is 5.10 Å². The van der Waals surface area contributed by atoms with Gasteiger partial charge in [0.1, 0.15) is 40.5 Å². The molecule has 0 radical (unpaired) electrons. The number of halogens is 4. The van der Waals surface area contributed by atoms with E-state index in [0.717, 1.165) is 17.0 Å². The maximum absolute atomic E-state index is 14.1. The number of ether oxygens (including phenoxy) is 3. The standard InChI is InChI=1S/C24H22Cl2F2N4O5S/c1-11-22(32-9-19(30-31-32)14-4-17(27)21(26)18(28)5-14)23(36-13(3)34)20(10-35-12(2)33)37-24(11)38-16-6-15(25)7-29-8-16/h4-9,11,20,22-24H,10H2,1-3H3/t11?,20?,22-,23+,24-/m1/s1. The van der Waals surface area contributed by atoms with Gasteiger partial charge in [-0.3, -0.25) is 14.6 Å². The molecule has 2 unspecified atom stereocenters. The fourth-order valence-corrected chi connectivity index (χ4v) is 5.61. The Morgan fingerprint density at radius 3 is 2.47 bits per heavy atom. The van der Waals surface area contributed by atoms with Gasteiger partial charge in [0, 0.05) is 42.6 Å². The first-order chi connectivity index (χ1) is 18.0. The first-order valence-electron chi connectivity index (χ1n) is 11.3. The minimum Gasteiger partial charge on any atom is -0.463 e. The van der Waals surface area contributed by atoms with Crippen LogP contribution in [0.4, 0.5) is 8.78 Å². The van der Waals surface area contributed by atoms with Crippen molar-refractivity contribution >= 4 is 46.9 Å². The Bertz CT molecular complexity index is 1320. The molecule has 3 heterocycles. The Morgan fingerprint density at radius 1 is 1.13 bits per heavy atom. The van der Waals surface area contributed by atoms with Crippen LogP contribution in [0.1, 0.15) is 26.8 Å². The van der Waals surface area contributed by atoms with Gasteiger partial charge in [0.15, 0.2) is 6.10 Å². The minimum atomic E-state index is -0.943. The molecule has 0 aliphatic carbocycles. The molecule has 0 bridgehead atoms. The molecular formula is C24H22Cl2F2N4O5S. The van der Waals surface area contributed by atoms with E-state index < -0.39 is 52.3 Å². The van der Waals surface area contributed by atoms with E-state index in [1.54, 1.807) is 12.3 Å². The molecule has 3 aromatic rings. The van der Waals surface area contributed by atoms with Gasteiger partial charge in [0.05, 0.1) is 17.3 Å². The van der Waals surface area contributed by atoms with E-state index in [9.17, 15) is 18.4 Å². The molecule has 9 nitrogen and oxygen atoms in total. The highest BCUT2D eigenvalue weighted by atomic mass is 35.5. The second kappa shape index (κ2) is 11.9. The molecule has 0 N–H and O–H groups in total. The van der Waals surface area contributed by atoms with E-state index >= 15 is 0 Å². The van der Waals surface area contributed by atoms with Crippen LogP contribution in [0.3, 0.4) is 0 Å². The highest BCUT2D eigenvalue weighted by Gasteiger charge is 2.48. The molecule has 1 aliphatic rings. The van der Waals surface area contributed by atoms with Gasteiger partial charge in [-0.1, -0.05) is 47.1 Å². The second-order valence-corrected chi connectivity index (χ2v) is 10.5. The number of pyridine rings is 1. The first-order valence-corrected chi connectivity index (χ1v) is 13.0. The predicted octanol–water partition coefficient (Wildman–Crippen LogP) is 5.11. The van der Waals surface area contributed by atoms with Crippen molar-refractivity contribution in [3.63, 3.8) is 0 Å². The lowest BCUT2D eigenvalue weighted by atomic mass is 9.90. The molecule has 1 aliphatic heterocycles. The average Bonchev–Trinajstić information content (AvgIpc) is 3.32. The van der Waals surface area contributed by atoms with Crippen molar-refractivity contribution in [1.82, 2.24) is 20.0 Å². The summed E-state index contributed by atoms with van der Waals surface area (Å²) in [5.41, 5.74) is -0.267. The van der Waals surface area contributed by atoms with Crippen molar-refractivity contribution < 1.29 is 32.6 Å². The topological polar surface area (TPSA) is 105 Å². The normalized spacial score (nSPS) is 23.2. The van der Waals surface area contributed by atoms with Gasteiger partial charge in [-0.2, -0.15) is 0 Å². The van der Waals surface area contributed by atoms with Crippen LogP contribution < -0.4 is 0 Å². The van der Waals surface area contributed by atoms with Gasteiger partial charge >= 0.3 is 11.9 Å². The van der Waals surface area contributed by atoms with E-state index in [-0.39, 0.29) is 23.8 Å². The number of hydrogen-bond acceptors (Lipinski definition) is 9. The quantitative estimate of drug-likeness (QED) is 0.275. The predicted molar refractivity (Wildman–Crippen MR) is 135 cm³/mol. The van der Waals surface area contributed by atoms with Gasteiger partial charge < -0.3 is 14.2 Å². The van der Waals surface area contributed by atoms with Crippen molar-refractivity contribution in [3.8, 4) is 11.3 Å². The third-order valence-corrected chi connectivity index (χ3v) is 7.60. The van der Waals surface area contributed by atoms with Gasteiger partial charge in [-0.05, 0) is 18.2 Å².